The number of hydrogen-bond donors (Lipinski definition) is 0. The Bertz CT molecular complexity index is 556. The molecular weight excluding hydrogens is 309 g/mol. The molecule has 2 fully saturated rings. The van der Waals surface area contributed by atoms with Crippen LogP contribution < -0.4 is 0 Å². The molecule has 1 saturated heterocycles. The third kappa shape index (κ3) is 2.74. The minimum atomic E-state index is -1.72. The number of piperidine rings is 1. The number of carbonyl (C=O) groups excluding carboxylic acids is 2. The lowest BCUT2D eigenvalue weighted by Gasteiger charge is -2.39. The first-order valence-electron chi connectivity index (χ1n) is 9.35. The molecule has 1 unspecified atom stereocenters. The van der Waals surface area contributed by atoms with Gasteiger partial charge in [-0.05, 0) is 51.9 Å². The van der Waals surface area contributed by atoms with Gasteiger partial charge in [0.25, 0.3) is 11.8 Å². The van der Waals surface area contributed by atoms with Crippen LogP contribution >= 0.6 is 0 Å². The second-order valence-corrected chi connectivity index (χ2v) is 7.36. The zero-order valence-corrected chi connectivity index (χ0v) is 14.8. The van der Waals surface area contributed by atoms with Crippen LogP contribution in [0.2, 0.25) is 0 Å². The number of rotatable bonds is 4. The Balaban J connectivity index is 1.82. The van der Waals surface area contributed by atoms with Gasteiger partial charge in [-0.15, -0.1) is 0 Å². The lowest BCUT2D eigenvalue weighted by Crippen LogP contribution is -2.57. The highest BCUT2D eigenvalue weighted by Gasteiger charge is 2.53. The summed E-state index contributed by atoms with van der Waals surface area (Å²) in [5, 5.41) is 0. The standard InChI is InChI=1S/C18H28FN3O2/c1-3-8-14-20-18(16(24)22(14)4-2)11-7-12-21(13-18)15(23)17(19)9-5-6-10-17/h3-13H2,1-2H3. The summed E-state index contributed by atoms with van der Waals surface area (Å²) < 4.78 is 14.9. The van der Waals surface area contributed by atoms with E-state index >= 15 is 0 Å². The smallest absolute Gasteiger partial charge is 0.260 e. The number of likely N-dealkylation sites (tertiary alicyclic amines) is 1. The van der Waals surface area contributed by atoms with E-state index in [2.05, 4.69) is 6.92 Å². The number of halogens is 1. The molecule has 3 aliphatic rings. The van der Waals surface area contributed by atoms with Crippen LogP contribution in [-0.4, -0.2) is 58.3 Å². The molecule has 134 valence electrons. The molecule has 2 heterocycles. The van der Waals surface area contributed by atoms with Gasteiger partial charge < -0.3 is 4.90 Å². The van der Waals surface area contributed by atoms with Crippen molar-refractivity contribution in [3.8, 4) is 0 Å². The molecule has 24 heavy (non-hydrogen) atoms. The highest BCUT2D eigenvalue weighted by molar-refractivity contribution is 6.08. The van der Waals surface area contributed by atoms with Crippen molar-refractivity contribution >= 4 is 17.6 Å². The molecule has 3 rings (SSSR count). The molecular formula is C18H28FN3O2. The Kier molecular flexibility index (Phi) is 4.67. The van der Waals surface area contributed by atoms with E-state index in [-0.39, 0.29) is 12.5 Å². The second-order valence-electron chi connectivity index (χ2n) is 7.36. The summed E-state index contributed by atoms with van der Waals surface area (Å²) >= 11 is 0. The van der Waals surface area contributed by atoms with Crippen LogP contribution in [0, 0.1) is 0 Å². The van der Waals surface area contributed by atoms with Crippen molar-refractivity contribution in [3.63, 3.8) is 0 Å². The van der Waals surface area contributed by atoms with Gasteiger partial charge in [0.15, 0.2) is 11.2 Å². The van der Waals surface area contributed by atoms with E-state index in [1.54, 1.807) is 9.80 Å². The van der Waals surface area contributed by atoms with Crippen LogP contribution in [-0.2, 0) is 9.59 Å². The summed E-state index contributed by atoms with van der Waals surface area (Å²) in [4.78, 5) is 33.7. The molecule has 0 N–H and O–H groups in total. The second kappa shape index (κ2) is 6.45. The van der Waals surface area contributed by atoms with Gasteiger partial charge in [0.1, 0.15) is 5.84 Å². The molecule has 0 radical (unpaired) electrons. The summed E-state index contributed by atoms with van der Waals surface area (Å²) in [7, 11) is 0. The minimum Gasteiger partial charge on any atom is -0.337 e. The maximum absolute atomic E-state index is 14.9. The van der Waals surface area contributed by atoms with Crippen molar-refractivity contribution in [2.75, 3.05) is 19.6 Å². The molecule has 0 aromatic heterocycles. The third-order valence-electron chi connectivity index (χ3n) is 5.63. The summed E-state index contributed by atoms with van der Waals surface area (Å²) in [5.74, 6) is 0.398. The SMILES string of the molecule is CCCC1=NC2(CCCN(C(=O)C3(F)CCCC3)C2)C(=O)N1CC. The summed E-state index contributed by atoms with van der Waals surface area (Å²) in [6.45, 7) is 5.38. The van der Waals surface area contributed by atoms with Gasteiger partial charge in [-0.3, -0.25) is 19.5 Å². The van der Waals surface area contributed by atoms with Gasteiger partial charge in [-0.25, -0.2) is 4.39 Å². The molecule has 0 aromatic carbocycles. The Hall–Kier alpha value is -1.46. The van der Waals surface area contributed by atoms with E-state index in [1.165, 1.54) is 0 Å². The van der Waals surface area contributed by atoms with E-state index in [0.29, 0.717) is 38.8 Å². The van der Waals surface area contributed by atoms with Crippen LogP contribution in [0.1, 0.15) is 65.2 Å². The summed E-state index contributed by atoms with van der Waals surface area (Å²) in [6, 6.07) is 0. The fourth-order valence-corrected chi connectivity index (χ4v) is 4.37. The van der Waals surface area contributed by atoms with E-state index in [1.807, 2.05) is 6.92 Å². The molecule has 2 aliphatic heterocycles. The van der Waals surface area contributed by atoms with Crippen molar-refractivity contribution in [3.05, 3.63) is 0 Å². The molecule has 1 atom stereocenters. The van der Waals surface area contributed by atoms with Crippen molar-refractivity contribution in [1.82, 2.24) is 9.80 Å². The number of aliphatic imine (C=N–C) groups is 1. The number of alkyl halides is 1. The van der Waals surface area contributed by atoms with E-state index in [9.17, 15) is 14.0 Å². The molecule has 0 aromatic rings. The zero-order chi connectivity index (χ0) is 17.4. The number of amides is 2. The average Bonchev–Trinajstić information content (AvgIpc) is 3.11. The lowest BCUT2D eigenvalue weighted by molar-refractivity contribution is -0.147. The van der Waals surface area contributed by atoms with Crippen molar-refractivity contribution in [2.45, 2.75) is 76.4 Å². The Morgan fingerprint density at radius 3 is 2.54 bits per heavy atom. The number of hydrogen-bond acceptors (Lipinski definition) is 3. The minimum absolute atomic E-state index is 0.00900. The third-order valence-corrected chi connectivity index (χ3v) is 5.63. The highest BCUT2D eigenvalue weighted by atomic mass is 19.1. The van der Waals surface area contributed by atoms with Gasteiger partial charge in [-0.2, -0.15) is 0 Å². The van der Waals surface area contributed by atoms with Gasteiger partial charge in [-0.1, -0.05) is 6.92 Å². The number of amidine groups is 1. The van der Waals surface area contributed by atoms with Crippen LogP contribution in [0.5, 0.6) is 0 Å². The molecule has 6 heteroatoms. The Morgan fingerprint density at radius 1 is 1.21 bits per heavy atom. The number of likely N-dealkylation sites (N-methyl/N-ethyl adjacent to an activating group) is 1. The topological polar surface area (TPSA) is 53.0 Å². The van der Waals surface area contributed by atoms with Crippen LogP contribution in [0.3, 0.4) is 0 Å². The molecule has 5 nitrogen and oxygen atoms in total. The fourth-order valence-electron chi connectivity index (χ4n) is 4.37. The van der Waals surface area contributed by atoms with Gasteiger partial charge >= 0.3 is 0 Å². The van der Waals surface area contributed by atoms with E-state index in [4.69, 9.17) is 4.99 Å². The van der Waals surface area contributed by atoms with E-state index < -0.39 is 17.1 Å². The number of carbonyl (C=O) groups is 2. The van der Waals surface area contributed by atoms with Crippen LogP contribution in [0.25, 0.3) is 0 Å². The van der Waals surface area contributed by atoms with Crippen molar-refractivity contribution in [1.29, 1.82) is 0 Å². The maximum Gasteiger partial charge on any atom is 0.260 e. The summed E-state index contributed by atoms with van der Waals surface area (Å²) in [5.41, 5.74) is -2.59. The predicted molar refractivity (Wildman–Crippen MR) is 90.6 cm³/mol. The van der Waals surface area contributed by atoms with Crippen molar-refractivity contribution < 1.29 is 14.0 Å². The molecule has 1 aliphatic carbocycles. The number of nitrogens with zero attached hydrogens (tertiary/aromatic N) is 3. The van der Waals surface area contributed by atoms with Crippen molar-refractivity contribution in [2.24, 2.45) is 4.99 Å². The Morgan fingerprint density at radius 2 is 1.92 bits per heavy atom. The quantitative estimate of drug-likeness (QED) is 0.792. The van der Waals surface area contributed by atoms with Gasteiger partial charge in [0.2, 0.25) is 0 Å². The first-order valence-corrected chi connectivity index (χ1v) is 9.35. The molecule has 1 spiro atoms. The van der Waals surface area contributed by atoms with Crippen LogP contribution in [0.15, 0.2) is 4.99 Å². The zero-order valence-electron chi connectivity index (χ0n) is 14.8. The normalized spacial score (nSPS) is 29.5. The van der Waals surface area contributed by atoms with Crippen LogP contribution in [0.4, 0.5) is 4.39 Å². The lowest BCUT2D eigenvalue weighted by atomic mass is 9.88. The molecule has 0 bridgehead atoms. The first-order chi connectivity index (χ1) is 11.5. The largest absolute Gasteiger partial charge is 0.337 e. The fraction of sp³-hybridized carbons (Fsp3) is 0.833. The monoisotopic (exact) mass is 337 g/mol. The van der Waals surface area contributed by atoms with E-state index in [0.717, 1.165) is 31.5 Å². The highest BCUT2D eigenvalue weighted by Crippen LogP contribution is 2.38. The Labute approximate surface area is 143 Å². The van der Waals surface area contributed by atoms with Gasteiger partial charge in [0.05, 0.1) is 6.54 Å². The maximum atomic E-state index is 14.9. The average molecular weight is 337 g/mol. The first kappa shape index (κ1) is 17.4. The predicted octanol–water partition coefficient (Wildman–Crippen LogP) is 2.69. The summed E-state index contributed by atoms with van der Waals surface area (Å²) in [6.07, 6.45) is 5.21. The molecule has 2 amide bonds. The molecule has 1 saturated carbocycles. The van der Waals surface area contributed by atoms with Gasteiger partial charge in [0, 0.05) is 19.5 Å².